The summed E-state index contributed by atoms with van der Waals surface area (Å²) < 4.78 is 56.3. The van der Waals surface area contributed by atoms with E-state index >= 15 is 0 Å². The second-order valence-corrected chi connectivity index (χ2v) is 11.2. The van der Waals surface area contributed by atoms with E-state index in [4.69, 9.17) is 0 Å². The van der Waals surface area contributed by atoms with Crippen LogP contribution in [0.1, 0.15) is 26.3 Å². The Bertz CT molecular complexity index is 1470. The second-order valence-electron chi connectivity index (χ2n) is 9.40. The highest BCUT2D eigenvalue weighted by Crippen LogP contribution is 2.33. The molecule has 0 saturated heterocycles. The van der Waals surface area contributed by atoms with Crippen LogP contribution in [-0.2, 0) is 15.8 Å². The fourth-order valence-electron chi connectivity index (χ4n) is 3.74. The van der Waals surface area contributed by atoms with Crippen LogP contribution < -0.4 is 5.32 Å². The van der Waals surface area contributed by atoms with Gasteiger partial charge in [-0.25, -0.2) is 26.2 Å². The summed E-state index contributed by atoms with van der Waals surface area (Å²) >= 11 is 0. The summed E-state index contributed by atoms with van der Waals surface area (Å²) in [4.78, 5) is 8.15. The average molecular weight is 501 g/mol. The van der Waals surface area contributed by atoms with E-state index < -0.39 is 27.7 Å². The number of benzene rings is 1. The Hall–Kier alpha value is -3.37. The first-order valence-corrected chi connectivity index (χ1v) is 12.6. The van der Waals surface area contributed by atoms with Crippen LogP contribution in [0.5, 0.6) is 0 Å². The molecule has 0 radical (unpaired) electrons. The monoisotopic (exact) mass is 500 g/mol. The van der Waals surface area contributed by atoms with Crippen molar-refractivity contribution in [3.63, 3.8) is 0 Å². The summed E-state index contributed by atoms with van der Waals surface area (Å²) in [5, 5.41) is 13.0. The lowest BCUT2D eigenvalue weighted by atomic mass is 9.87. The Morgan fingerprint density at radius 1 is 1.09 bits per heavy atom. The molecular weight excluding hydrogens is 474 g/mol. The number of nitrogens with one attached hydrogen (secondary N) is 1. The molecule has 10 heteroatoms. The van der Waals surface area contributed by atoms with Crippen molar-refractivity contribution in [2.45, 2.75) is 32.6 Å². The molecule has 4 aromatic rings. The van der Waals surface area contributed by atoms with Crippen LogP contribution in [-0.4, -0.2) is 40.1 Å². The lowest BCUT2D eigenvalue weighted by Crippen LogP contribution is -2.37. The Labute approximate surface area is 202 Å². The largest absolute Gasteiger partial charge is 0.394 e. The summed E-state index contributed by atoms with van der Waals surface area (Å²) in [6.45, 7) is 5.48. The number of nitrogens with zero attached hydrogens (tertiary/aromatic N) is 3. The van der Waals surface area contributed by atoms with Gasteiger partial charge in [0, 0.05) is 17.1 Å². The number of rotatable bonds is 7. The number of halogens is 2. The highest BCUT2D eigenvalue weighted by Gasteiger charge is 2.26. The van der Waals surface area contributed by atoms with Crippen LogP contribution in [0.25, 0.3) is 22.3 Å². The van der Waals surface area contributed by atoms with Gasteiger partial charge in [-0.2, -0.15) is 0 Å². The number of fused-ring (bicyclic) bond motifs is 1. The highest BCUT2D eigenvalue weighted by atomic mass is 32.2. The van der Waals surface area contributed by atoms with Crippen molar-refractivity contribution in [1.82, 2.24) is 13.9 Å². The molecule has 0 aliphatic carbocycles. The molecule has 35 heavy (non-hydrogen) atoms. The van der Waals surface area contributed by atoms with Crippen LogP contribution in [0.15, 0.2) is 61.1 Å². The highest BCUT2D eigenvalue weighted by molar-refractivity contribution is 7.89. The normalized spacial score (nSPS) is 13.2. The zero-order valence-corrected chi connectivity index (χ0v) is 20.4. The van der Waals surface area contributed by atoms with E-state index in [1.807, 2.05) is 20.8 Å². The molecule has 0 bridgehead atoms. The van der Waals surface area contributed by atoms with Gasteiger partial charge in [0.1, 0.15) is 5.82 Å². The van der Waals surface area contributed by atoms with Gasteiger partial charge in [-0.3, -0.25) is 4.98 Å². The summed E-state index contributed by atoms with van der Waals surface area (Å²) in [7, 11) is -3.92. The first-order valence-electron chi connectivity index (χ1n) is 11.0. The summed E-state index contributed by atoms with van der Waals surface area (Å²) in [6, 6.07) is 10.8. The van der Waals surface area contributed by atoms with Crippen molar-refractivity contribution < 1.29 is 22.3 Å². The molecule has 0 aliphatic rings. The molecule has 184 valence electrons. The molecule has 0 saturated carbocycles. The van der Waals surface area contributed by atoms with Crippen molar-refractivity contribution in [3.05, 3.63) is 78.3 Å². The Kier molecular flexibility index (Phi) is 6.61. The van der Waals surface area contributed by atoms with E-state index in [0.717, 1.165) is 16.4 Å². The fraction of sp³-hybridized carbons (Fsp3) is 0.280. The number of hydrogen-bond donors (Lipinski definition) is 2. The van der Waals surface area contributed by atoms with Gasteiger partial charge in [0.25, 0.3) is 0 Å². The molecule has 2 N–H and O–H groups in total. The van der Waals surface area contributed by atoms with E-state index in [1.165, 1.54) is 18.3 Å². The lowest BCUT2D eigenvalue weighted by Gasteiger charge is -2.30. The summed E-state index contributed by atoms with van der Waals surface area (Å²) in [6.07, 6.45) is 3.27. The number of aliphatic hydroxyl groups excluding tert-OH is 1. The fourth-order valence-corrected chi connectivity index (χ4v) is 5.17. The van der Waals surface area contributed by atoms with Gasteiger partial charge in [0.2, 0.25) is 10.0 Å². The minimum atomic E-state index is -3.92. The molecule has 3 heterocycles. The zero-order chi connectivity index (χ0) is 25.4. The van der Waals surface area contributed by atoms with Gasteiger partial charge in [-0.05, 0) is 23.1 Å². The molecule has 7 nitrogen and oxygen atoms in total. The predicted molar refractivity (Wildman–Crippen MR) is 131 cm³/mol. The van der Waals surface area contributed by atoms with Crippen LogP contribution >= 0.6 is 0 Å². The van der Waals surface area contributed by atoms with Crippen LogP contribution in [0.4, 0.5) is 14.5 Å². The quantitative estimate of drug-likeness (QED) is 0.386. The predicted octanol–water partition coefficient (Wildman–Crippen LogP) is 4.57. The van der Waals surface area contributed by atoms with E-state index in [-0.39, 0.29) is 45.8 Å². The van der Waals surface area contributed by atoms with E-state index in [1.54, 1.807) is 30.3 Å². The third-order valence-electron chi connectivity index (χ3n) is 5.76. The van der Waals surface area contributed by atoms with Crippen molar-refractivity contribution >= 4 is 26.7 Å². The maximum absolute atomic E-state index is 14.6. The van der Waals surface area contributed by atoms with E-state index in [0.29, 0.717) is 5.56 Å². The van der Waals surface area contributed by atoms with Crippen LogP contribution in [0, 0.1) is 17.0 Å². The minimum absolute atomic E-state index is 0.0425. The van der Waals surface area contributed by atoms with Gasteiger partial charge < -0.3 is 10.4 Å². The maximum Gasteiger partial charge on any atom is 0.244 e. The molecule has 0 unspecified atom stereocenters. The van der Waals surface area contributed by atoms with E-state index in [9.17, 15) is 22.3 Å². The van der Waals surface area contributed by atoms with Crippen molar-refractivity contribution in [1.29, 1.82) is 0 Å². The minimum Gasteiger partial charge on any atom is -0.394 e. The third kappa shape index (κ3) is 5.18. The van der Waals surface area contributed by atoms with Crippen LogP contribution in [0.2, 0.25) is 0 Å². The number of aromatic nitrogens is 3. The molecule has 3 aromatic heterocycles. The lowest BCUT2D eigenvalue weighted by molar-refractivity contribution is 0.201. The number of anilines is 1. The van der Waals surface area contributed by atoms with Gasteiger partial charge in [-0.15, -0.1) is 0 Å². The first-order chi connectivity index (χ1) is 16.5. The standard InChI is InChI=1S/C25H26F2N4O3S/c1-25(2,3)23(14-32)30-22-10-21(28-12-20(22)27)19-13-31(24-18(19)9-17(26)11-29-24)35(33,34)15-16-7-5-4-6-8-16/h4-13,23,32H,14-15H2,1-3H3,(H,28,30)/t23-/m1/s1. The topological polar surface area (TPSA) is 97.1 Å². The number of pyridine rings is 2. The number of hydrogen-bond acceptors (Lipinski definition) is 6. The Morgan fingerprint density at radius 2 is 1.80 bits per heavy atom. The van der Waals surface area contributed by atoms with Crippen molar-refractivity contribution in [2.75, 3.05) is 11.9 Å². The van der Waals surface area contributed by atoms with Gasteiger partial charge in [0.15, 0.2) is 11.5 Å². The molecule has 0 amide bonds. The molecule has 1 atom stereocenters. The molecule has 4 rings (SSSR count). The summed E-state index contributed by atoms with van der Waals surface area (Å²) in [5.41, 5.74) is 0.844. The van der Waals surface area contributed by atoms with Gasteiger partial charge in [-0.1, -0.05) is 51.1 Å². The van der Waals surface area contributed by atoms with E-state index in [2.05, 4.69) is 15.3 Å². The third-order valence-corrected chi connectivity index (χ3v) is 7.33. The van der Waals surface area contributed by atoms with Crippen LogP contribution in [0.3, 0.4) is 0 Å². The molecule has 0 fully saturated rings. The zero-order valence-electron chi connectivity index (χ0n) is 19.5. The Morgan fingerprint density at radius 3 is 2.46 bits per heavy atom. The van der Waals surface area contributed by atoms with Gasteiger partial charge in [0.05, 0.1) is 42.2 Å². The molecular formula is C25H26F2N4O3S. The molecule has 0 aliphatic heterocycles. The average Bonchev–Trinajstić information content (AvgIpc) is 3.17. The second kappa shape index (κ2) is 9.35. The molecule has 0 spiro atoms. The SMILES string of the molecule is CC(C)(C)[C@@H](CO)Nc1cc(-c2cn(S(=O)(=O)Cc3ccccc3)c3ncc(F)cc23)ncc1F. The van der Waals surface area contributed by atoms with Gasteiger partial charge >= 0.3 is 0 Å². The molecule has 1 aromatic carbocycles. The van der Waals surface area contributed by atoms with Crippen molar-refractivity contribution in [3.8, 4) is 11.3 Å². The first kappa shape index (κ1) is 24.7. The smallest absolute Gasteiger partial charge is 0.244 e. The number of aliphatic hydroxyl groups is 1. The Balaban J connectivity index is 1.83. The maximum atomic E-state index is 14.6. The van der Waals surface area contributed by atoms with Crippen molar-refractivity contribution in [2.24, 2.45) is 5.41 Å². The summed E-state index contributed by atoms with van der Waals surface area (Å²) in [5.74, 6) is -1.57.